The van der Waals surface area contributed by atoms with Crippen molar-refractivity contribution in [1.29, 1.82) is 0 Å². The highest BCUT2D eigenvalue weighted by Crippen LogP contribution is 2.20. The summed E-state index contributed by atoms with van der Waals surface area (Å²) in [5.74, 6) is 0. The van der Waals surface area contributed by atoms with Crippen molar-refractivity contribution in [2.45, 2.75) is 45.2 Å². The maximum atomic E-state index is 4.89. The van der Waals surface area contributed by atoms with Crippen molar-refractivity contribution in [3.05, 3.63) is 34.8 Å². The van der Waals surface area contributed by atoms with Gasteiger partial charge in [-0.25, -0.2) is 0 Å². The van der Waals surface area contributed by atoms with Crippen LogP contribution < -0.4 is 15.9 Å². The molecule has 0 radical (unpaired) electrons. The molecule has 1 atom stereocenters. The Morgan fingerprint density at radius 1 is 1.25 bits per heavy atom. The Balaban J connectivity index is 2.36. The van der Waals surface area contributed by atoms with Crippen molar-refractivity contribution in [2.75, 3.05) is 0 Å². The standard InChI is InChI=1S/C14H20N2/c1-3-5-10-14(4-2)15-11-12-8-6-7-9-13(12)16-14/h6-9,11,15H,3-5,10H2,1-2H3. The Labute approximate surface area is 97.1 Å². The van der Waals surface area contributed by atoms with Gasteiger partial charge in [0, 0.05) is 11.4 Å². The van der Waals surface area contributed by atoms with Crippen molar-refractivity contribution in [3.63, 3.8) is 0 Å². The van der Waals surface area contributed by atoms with Gasteiger partial charge in [-0.3, -0.25) is 4.99 Å². The van der Waals surface area contributed by atoms with Crippen molar-refractivity contribution in [1.82, 2.24) is 5.32 Å². The minimum Gasteiger partial charge on any atom is -0.367 e. The second-order valence-electron chi connectivity index (χ2n) is 4.45. The van der Waals surface area contributed by atoms with Gasteiger partial charge in [0.15, 0.2) is 0 Å². The van der Waals surface area contributed by atoms with Crippen molar-refractivity contribution in [3.8, 4) is 0 Å². The normalized spacial score (nSPS) is 22.6. The maximum Gasteiger partial charge on any atom is 0.129 e. The molecular weight excluding hydrogens is 196 g/mol. The minimum atomic E-state index is -0.0651. The molecule has 0 bridgehead atoms. The molecule has 2 rings (SSSR count). The van der Waals surface area contributed by atoms with E-state index >= 15 is 0 Å². The molecule has 0 saturated heterocycles. The zero-order chi connectivity index (χ0) is 11.4. The molecule has 1 unspecified atom stereocenters. The van der Waals surface area contributed by atoms with E-state index in [1.165, 1.54) is 18.1 Å². The lowest BCUT2D eigenvalue weighted by molar-refractivity contribution is 0.328. The summed E-state index contributed by atoms with van der Waals surface area (Å²) in [6.45, 7) is 4.43. The van der Waals surface area contributed by atoms with Gasteiger partial charge in [0.05, 0.1) is 5.36 Å². The average Bonchev–Trinajstić information content (AvgIpc) is 2.36. The summed E-state index contributed by atoms with van der Waals surface area (Å²) >= 11 is 0. The molecule has 2 heteroatoms. The van der Waals surface area contributed by atoms with E-state index in [0.29, 0.717) is 0 Å². The van der Waals surface area contributed by atoms with Crippen molar-refractivity contribution < 1.29 is 0 Å². The van der Waals surface area contributed by atoms with Gasteiger partial charge in [-0.05, 0) is 25.3 Å². The number of unbranched alkanes of at least 4 members (excludes halogenated alkanes) is 1. The second kappa shape index (κ2) is 4.69. The third-order valence-electron chi connectivity index (χ3n) is 3.30. The fourth-order valence-electron chi connectivity index (χ4n) is 2.14. The molecule has 0 saturated carbocycles. The predicted molar refractivity (Wildman–Crippen MR) is 67.4 cm³/mol. The number of nitrogens with zero attached hydrogens (tertiary/aromatic N) is 1. The Kier molecular flexibility index (Phi) is 3.28. The highest BCUT2D eigenvalue weighted by atomic mass is 15.1. The first-order valence-corrected chi connectivity index (χ1v) is 6.22. The highest BCUT2D eigenvalue weighted by Gasteiger charge is 2.25. The van der Waals surface area contributed by atoms with Crippen LogP contribution in [0, 0.1) is 0 Å². The number of para-hydroxylation sites is 1. The van der Waals surface area contributed by atoms with Crippen LogP contribution in [0.1, 0.15) is 39.5 Å². The van der Waals surface area contributed by atoms with E-state index in [-0.39, 0.29) is 5.66 Å². The van der Waals surface area contributed by atoms with Crippen LogP contribution in [0.2, 0.25) is 0 Å². The van der Waals surface area contributed by atoms with E-state index in [2.05, 4.69) is 49.6 Å². The number of hydrogen-bond donors (Lipinski definition) is 1. The number of rotatable bonds is 4. The van der Waals surface area contributed by atoms with E-state index in [0.717, 1.165) is 18.2 Å². The molecule has 1 aliphatic rings. The van der Waals surface area contributed by atoms with E-state index in [1.807, 2.05) is 0 Å². The lowest BCUT2D eigenvalue weighted by atomic mass is 9.99. The van der Waals surface area contributed by atoms with Crippen LogP contribution in [0.15, 0.2) is 29.3 Å². The number of hydrogen-bond acceptors (Lipinski definition) is 2. The molecule has 0 amide bonds. The second-order valence-corrected chi connectivity index (χ2v) is 4.45. The Morgan fingerprint density at radius 3 is 2.81 bits per heavy atom. The molecule has 0 aromatic heterocycles. The summed E-state index contributed by atoms with van der Waals surface area (Å²) in [6.07, 6.45) is 6.71. The molecule has 1 aromatic rings. The van der Waals surface area contributed by atoms with Gasteiger partial charge in [0.1, 0.15) is 5.66 Å². The van der Waals surface area contributed by atoms with E-state index in [4.69, 9.17) is 4.99 Å². The van der Waals surface area contributed by atoms with E-state index < -0.39 is 0 Å². The zero-order valence-electron chi connectivity index (χ0n) is 10.2. The van der Waals surface area contributed by atoms with Crippen molar-refractivity contribution >= 4 is 6.20 Å². The van der Waals surface area contributed by atoms with Gasteiger partial charge in [0.2, 0.25) is 0 Å². The average molecular weight is 216 g/mol. The summed E-state index contributed by atoms with van der Waals surface area (Å²) in [5.41, 5.74) is -0.0651. The topological polar surface area (TPSA) is 24.4 Å². The lowest BCUT2D eigenvalue weighted by Crippen LogP contribution is -2.48. The first-order valence-electron chi connectivity index (χ1n) is 6.22. The third-order valence-corrected chi connectivity index (χ3v) is 3.30. The predicted octanol–water partition coefficient (Wildman–Crippen LogP) is 1.94. The van der Waals surface area contributed by atoms with Crippen LogP contribution in [-0.4, -0.2) is 5.66 Å². The summed E-state index contributed by atoms with van der Waals surface area (Å²) in [7, 11) is 0. The summed E-state index contributed by atoms with van der Waals surface area (Å²) < 4.78 is 0. The van der Waals surface area contributed by atoms with E-state index in [9.17, 15) is 0 Å². The molecule has 1 heterocycles. The molecule has 0 spiro atoms. The fraction of sp³-hybridized carbons (Fsp3) is 0.500. The molecule has 2 nitrogen and oxygen atoms in total. The molecular formula is C14H20N2. The molecule has 1 aliphatic heterocycles. The Morgan fingerprint density at radius 2 is 2.06 bits per heavy atom. The molecule has 86 valence electrons. The Hall–Kier alpha value is -1.31. The van der Waals surface area contributed by atoms with Gasteiger partial charge >= 0.3 is 0 Å². The van der Waals surface area contributed by atoms with Crippen LogP contribution >= 0.6 is 0 Å². The Bertz CT molecular complexity index is 464. The third kappa shape index (κ3) is 2.11. The largest absolute Gasteiger partial charge is 0.367 e. The monoisotopic (exact) mass is 216 g/mol. The summed E-state index contributed by atoms with van der Waals surface area (Å²) in [4.78, 5) is 4.89. The molecule has 0 fully saturated rings. The van der Waals surface area contributed by atoms with E-state index in [1.54, 1.807) is 0 Å². The number of benzene rings is 1. The quantitative estimate of drug-likeness (QED) is 0.817. The smallest absolute Gasteiger partial charge is 0.129 e. The van der Waals surface area contributed by atoms with Crippen LogP contribution in [0.4, 0.5) is 0 Å². The minimum absolute atomic E-state index is 0.0651. The molecule has 1 aromatic carbocycles. The van der Waals surface area contributed by atoms with Gasteiger partial charge in [-0.2, -0.15) is 0 Å². The number of nitrogens with one attached hydrogen (secondary N) is 1. The SMILES string of the molecule is CCCCC1(CC)N=c2ccccc2=CN1. The van der Waals surface area contributed by atoms with Gasteiger partial charge in [-0.1, -0.05) is 38.5 Å². The maximum absolute atomic E-state index is 4.89. The van der Waals surface area contributed by atoms with Crippen LogP contribution in [0.3, 0.4) is 0 Å². The zero-order valence-corrected chi connectivity index (χ0v) is 10.2. The molecule has 16 heavy (non-hydrogen) atoms. The summed E-state index contributed by atoms with van der Waals surface area (Å²) in [5, 5.41) is 5.80. The first kappa shape index (κ1) is 11.2. The van der Waals surface area contributed by atoms with Gasteiger partial charge < -0.3 is 5.32 Å². The fourth-order valence-corrected chi connectivity index (χ4v) is 2.14. The molecule has 0 aliphatic carbocycles. The van der Waals surface area contributed by atoms with Crippen molar-refractivity contribution in [2.24, 2.45) is 4.99 Å². The van der Waals surface area contributed by atoms with Gasteiger partial charge in [0.25, 0.3) is 0 Å². The van der Waals surface area contributed by atoms with Crippen LogP contribution in [-0.2, 0) is 0 Å². The first-order chi connectivity index (χ1) is 7.79. The lowest BCUT2D eigenvalue weighted by Gasteiger charge is -2.31. The number of fused-ring (bicyclic) bond motifs is 1. The van der Waals surface area contributed by atoms with Crippen LogP contribution in [0.5, 0.6) is 0 Å². The summed E-state index contributed by atoms with van der Waals surface area (Å²) in [6, 6.07) is 8.31. The molecule has 1 N–H and O–H groups in total. The van der Waals surface area contributed by atoms with Gasteiger partial charge in [-0.15, -0.1) is 0 Å². The highest BCUT2D eigenvalue weighted by molar-refractivity contribution is 5.26. The van der Waals surface area contributed by atoms with Crippen LogP contribution in [0.25, 0.3) is 6.20 Å².